The molecule has 0 aromatic rings. The Labute approximate surface area is 83.9 Å². The van der Waals surface area contributed by atoms with Gasteiger partial charge in [0.1, 0.15) is 0 Å². The predicted molar refractivity (Wildman–Crippen MR) is 54.5 cm³/mol. The molecule has 0 fully saturated rings. The van der Waals surface area contributed by atoms with E-state index in [0.717, 1.165) is 0 Å². The van der Waals surface area contributed by atoms with E-state index in [-0.39, 0.29) is 18.5 Å². The normalized spacial score (nSPS) is 10.2. The van der Waals surface area contributed by atoms with Crippen molar-refractivity contribution in [1.29, 1.82) is 0 Å². The van der Waals surface area contributed by atoms with E-state index >= 15 is 0 Å². The maximum atomic E-state index is 11.4. The average molecular weight is 204 g/mol. The summed E-state index contributed by atoms with van der Waals surface area (Å²) in [5.74, 6) is -0.0779. The van der Waals surface area contributed by atoms with Crippen molar-refractivity contribution in [2.24, 2.45) is 5.73 Å². The zero-order valence-electron chi connectivity index (χ0n) is 7.99. The molecule has 0 aromatic heterocycles. The van der Waals surface area contributed by atoms with Gasteiger partial charge in [0.2, 0.25) is 11.8 Å². The fourth-order valence-corrected chi connectivity index (χ4v) is 1.16. The van der Waals surface area contributed by atoms with E-state index in [1.165, 1.54) is 4.90 Å². The molecule has 5 heteroatoms. The molecule has 0 rings (SSSR count). The van der Waals surface area contributed by atoms with Gasteiger partial charge >= 0.3 is 0 Å². The molecular weight excluding hydrogens is 188 g/mol. The molecule has 0 atom stereocenters. The van der Waals surface area contributed by atoms with Crippen LogP contribution in [0.15, 0.2) is 0 Å². The molecule has 0 bridgehead atoms. The first kappa shape index (κ1) is 12.3. The highest BCUT2D eigenvalue weighted by molar-refractivity contribution is 7.80. The molecule has 13 heavy (non-hydrogen) atoms. The van der Waals surface area contributed by atoms with Gasteiger partial charge in [-0.2, -0.15) is 12.6 Å². The highest BCUT2D eigenvalue weighted by Crippen LogP contribution is 2.01. The summed E-state index contributed by atoms with van der Waals surface area (Å²) in [6, 6.07) is -0.000108. The number of primary amides is 1. The molecule has 0 aliphatic rings. The molecule has 0 heterocycles. The molecule has 2 N–H and O–H groups in total. The van der Waals surface area contributed by atoms with Crippen molar-refractivity contribution in [2.75, 3.05) is 12.3 Å². The molecule has 4 nitrogen and oxygen atoms in total. The number of carbonyl (C=O) groups is 2. The summed E-state index contributed by atoms with van der Waals surface area (Å²) in [7, 11) is 0. The van der Waals surface area contributed by atoms with E-state index < -0.39 is 5.91 Å². The molecule has 0 aliphatic heterocycles. The monoisotopic (exact) mass is 204 g/mol. The summed E-state index contributed by atoms with van der Waals surface area (Å²) >= 11 is 3.95. The van der Waals surface area contributed by atoms with Crippen LogP contribution in [0.25, 0.3) is 0 Å². The standard InChI is InChI=1S/C8H16N2O2S/c1-6(2)10(5-7(9)11)8(12)3-4-13/h6,13H,3-5H2,1-2H3,(H2,9,11). The van der Waals surface area contributed by atoms with Crippen LogP contribution in [-0.2, 0) is 9.59 Å². The Morgan fingerprint density at radius 1 is 1.46 bits per heavy atom. The summed E-state index contributed by atoms with van der Waals surface area (Å²) < 4.78 is 0. The first-order valence-electron chi connectivity index (χ1n) is 4.17. The fraction of sp³-hybridized carbons (Fsp3) is 0.750. The number of hydrogen-bond donors (Lipinski definition) is 2. The van der Waals surface area contributed by atoms with Gasteiger partial charge in [0, 0.05) is 12.5 Å². The lowest BCUT2D eigenvalue weighted by atomic mass is 10.3. The molecule has 0 spiro atoms. The van der Waals surface area contributed by atoms with Gasteiger partial charge in [0.25, 0.3) is 0 Å². The topological polar surface area (TPSA) is 63.4 Å². The number of nitrogens with two attached hydrogens (primary N) is 1. The maximum Gasteiger partial charge on any atom is 0.237 e. The van der Waals surface area contributed by atoms with Crippen LogP contribution in [0.4, 0.5) is 0 Å². The smallest absolute Gasteiger partial charge is 0.237 e. The number of thiol groups is 1. The van der Waals surface area contributed by atoms with Crippen LogP contribution < -0.4 is 5.73 Å². The van der Waals surface area contributed by atoms with E-state index in [2.05, 4.69) is 12.6 Å². The van der Waals surface area contributed by atoms with Gasteiger partial charge in [-0.25, -0.2) is 0 Å². The Morgan fingerprint density at radius 2 is 2.00 bits per heavy atom. The lowest BCUT2D eigenvalue weighted by molar-refractivity contribution is -0.136. The zero-order chi connectivity index (χ0) is 10.4. The summed E-state index contributed by atoms with van der Waals surface area (Å²) in [5, 5.41) is 0. The van der Waals surface area contributed by atoms with Gasteiger partial charge in [-0.15, -0.1) is 0 Å². The van der Waals surface area contributed by atoms with Crippen molar-refractivity contribution < 1.29 is 9.59 Å². The zero-order valence-corrected chi connectivity index (χ0v) is 8.88. The molecule has 2 amide bonds. The van der Waals surface area contributed by atoms with Crippen molar-refractivity contribution in [3.63, 3.8) is 0 Å². The van der Waals surface area contributed by atoms with Gasteiger partial charge in [-0.3, -0.25) is 9.59 Å². The van der Waals surface area contributed by atoms with E-state index in [4.69, 9.17) is 5.73 Å². The van der Waals surface area contributed by atoms with E-state index in [1.807, 2.05) is 13.8 Å². The number of rotatable bonds is 5. The molecule has 0 radical (unpaired) electrons. The van der Waals surface area contributed by atoms with Crippen molar-refractivity contribution in [3.05, 3.63) is 0 Å². The van der Waals surface area contributed by atoms with Crippen LogP contribution in [0.2, 0.25) is 0 Å². The van der Waals surface area contributed by atoms with E-state index in [9.17, 15) is 9.59 Å². The van der Waals surface area contributed by atoms with Crippen LogP contribution >= 0.6 is 12.6 Å². The first-order valence-corrected chi connectivity index (χ1v) is 4.81. The van der Waals surface area contributed by atoms with Gasteiger partial charge in [0.15, 0.2) is 0 Å². The van der Waals surface area contributed by atoms with Crippen LogP contribution in [0.1, 0.15) is 20.3 Å². The summed E-state index contributed by atoms with van der Waals surface area (Å²) in [5.41, 5.74) is 5.01. The van der Waals surface area contributed by atoms with Crippen LogP contribution in [-0.4, -0.2) is 35.1 Å². The Kier molecular flexibility index (Phi) is 5.53. The summed E-state index contributed by atoms with van der Waals surface area (Å²) in [4.78, 5) is 23.5. The van der Waals surface area contributed by atoms with Crippen LogP contribution in [0.5, 0.6) is 0 Å². The molecular formula is C8H16N2O2S. The fourth-order valence-electron chi connectivity index (χ4n) is 0.966. The van der Waals surface area contributed by atoms with Crippen molar-refractivity contribution in [1.82, 2.24) is 4.90 Å². The summed E-state index contributed by atoms with van der Waals surface area (Å²) in [6.07, 6.45) is 0.342. The SMILES string of the molecule is CC(C)N(CC(N)=O)C(=O)CCS. The minimum atomic E-state index is -0.485. The van der Waals surface area contributed by atoms with Gasteiger partial charge < -0.3 is 10.6 Å². The van der Waals surface area contributed by atoms with Gasteiger partial charge in [0.05, 0.1) is 6.54 Å². The number of nitrogens with zero attached hydrogens (tertiary/aromatic N) is 1. The highest BCUT2D eigenvalue weighted by atomic mass is 32.1. The average Bonchev–Trinajstić information content (AvgIpc) is 1.99. The lowest BCUT2D eigenvalue weighted by Gasteiger charge is -2.24. The van der Waals surface area contributed by atoms with Crippen molar-refractivity contribution in [2.45, 2.75) is 26.3 Å². The predicted octanol–water partition coefficient (Wildman–Crippen LogP) is 0.0286. The third-order valence-electron chi connectivity index (χ3n) is 1.60. The van der Waals surface area contributed by atoms with E-state index in [1.54, 1.807) is 0 Å². The molecule has 76 valence electrons. The Bertz CT molecular complexity index is 195. The third kappa shape index (κ3) is 4.77. The molecule has 0 unspecified atom stereocenters. The Balaban J connectivity index is 4.24. The minimum Gasteiger partial charge on any atom is -0.368 e. The van der Waals surface area contributed by atoms with Crippen molar-refractivity contribution >= 4 is 24.4 Å². The van der Waals surface area contributed by atoms with Gasteiger partial charge in [-0.05, 0) is 19.6 Å². The highest BCUT2D eigenvalue weighted by Gasteiger charge is 2.17. The second kappa shape index (κ2) is 5.85. The second-order valence-corrected chi connectivity index (χ2v) is 3.50. The number of amides is 2. The Morgan fingerprint density at radius 3 is 2.31 bits per heavy atom. The first-order chi connectivity index (χ1) is 5.99. The molecule has 0 aliphatic carbocycles. The Hall–Kier alpha value is -0.710. The quantitative estimate of drug-likeness (QED) is 0.621. The molecule has 0 saturated heterocycles. The maximum absolute atomic E-state index is 11.4. The van der Waals surface area contributed by atoms with Gasteiger partial charge in [-0.1, -0.05) is 0 Å². The van der Waals surface area contributed by atoms with Crippen LogP contribution in [0.3, 0.4) is 0 Å². The summed E-state index contributed by atoms with van der Waals surface area (Å²) in [6.45, 7) is 3.68. The number of hydrogen-bond acceptors (Lipinski definition) is 3. The lowest BCUT2D eigenvalue weighted by Crippen LogP contribution is -2.42. The molecule has 0 saturated carbocycles. The third-order valence-corrected chi connectivity index (χ3v) is 1.82. The number of carbonyl (C=O) groups excluding carboxylic acids is 2. The van der Waals surface area contributed by atoms with E-state index in [0.29, 0.717) is 12.2 Å². The van der Waals surface area contributed by atoms with Crippen molar-refractivity contribution in [3.8, 4) is 0 Å². The largest absolute Gasteiger partial charge is 0.368 e. The minimum absolute atomic E-state index is 0.000108. The second-order valence-electron chi connectivity index (χ2n) is 3.06. The molecule has 0 aromatic carbocycles. The van der Waals surface area contributed by atoms with Crippen LogP contribution in [0, 0.1) is 0 Å².